The number of rotatable bonds is 6. The second kappa shape index (κ2) is 7.99. The monoisotopic (exact) mass is 342 g/mol. The van der Waals surface area contributed by atoms with Crippen LogP contribution in [-0.2, 0) is 9.59 Å². The molecule has 25 heavy (non-hydrogen) atoms. The van der Waals surface area contributed by atoms with Gasteiger partial charge in [-0.1, -0.05) is 12.1 Å². The number of nitrogens with zero attached hydrogens (tertiary/aromatic N) is 3. The Morgan fingerprint density at radius 3 is 2.60 bits per heavy atom. The van der Waals surface area contributed by atoms with E-state index in [-0.39, 0.29) is 18.4 Å². The van der Waals surface area contributed by atoms with E-state index in [1.165, 1.54) is 0 Å². The van der Waals surface area contributed by atoms with Crippen LogP contribution in [0.15, 0.2) is 24.3 Å². The minimum Gasteiger partial charge on any atom is -0.482 e. The van der Waals surface area contributed by atoms with Gasteiger partial charge in [-0.15, -0.1) is 0 Å². The average molecular weight is 342 g/mol. The van der Waals surface area contributed by atoms with Gasteiger partial charge >= 0.3 is 0 Å². The summed E-state index contributed by atoms with van der Waals surface area (Å²) in [6.45, 7) is 2.83. The first-order valence-corrected chi connectivity index (χ1v) is 8.57. The lowest BCUT2D eigenvalue weighted by Crippen LogP contribution is -2.52. The third kappa shape index (κ3) is 4.94. The molecule has 1 N–H and O–H groups in total. The summed E-state index contributed by atoms with van der Waals surface area (Å²) >= 11 is 0. The van der Waals surface area contributed by atoms with Gasteiger partial charge in [0.25, 0.3) is 5.91 Å². The molecule has 132 valence electrons. The van der Waals surface area contributed by atoms with Gasteiger partial charge in [-0.05, 0) is 25.0 Å². The van der Waals surface area contributed by atoms with E-state index in [4.69, 9.17) is 10.00 Å². The number of para-hydroxylation sites is 1. The van der Waals surface area contributed by atoms with Gasteiger partial charge in [0.05, 0.1) is 12.1 Å². The molecule has 1 saturated heterocycles. The minimum absolute atomic E-state index is 0.0683. The van der Waals surface area contributed by atoms with E-state index in [1.54, 1.807) is 29.2 Å². The third-order valence-corrected chi connectivity index (χ3v) is 4.39. The van der Waals surface area contributed by atoms with Crippen LogP contribution in [0.4, 0.5) is 0 Å². The molecule has 2 amide bonds. The summed E-state index contributed by atoms with van der Waals surface area (Å²) in [4.78, 5) is 27.9. The van der Waals surface area contributed by atoms with Gasteiger partial charge in [0, 0.05) is 32.2 Å². The third-order valence-electron chi connectivity index (χ3n) is 4.39. The van der Waals surface area contributed by atoms with Crippen LogP contribution >= 0.6 is 0 Å². The summed E-state index contributed by atoms with van der Waals surface area (Å²) in [7, 11) is 0. The predicted molar refractivity (Wildman–Crippen MR) is 90.8 cm³/mol. The Morgan fingerprint density at radius 1 is 1.20 bits per heavy atom. The number of hydrogen-bond acceptors (Lipinski definition) is 5. The zero-order chi connectivity index (χ0) is 17.6. The van der Waals surface area contributed by atoms with Crippen molar-refractivity contribution in [2.75, 3.05) is 39.3 Å². The molecule has 0 bridgehead atoms. The highest BCUT2D eigenvalue weighted by Gasteiger charge is 2.26. The maximum absolute atomic E-state index is 12.3. The van der Waals surface area contributed by atoms with E-state index < -0.39 is 0 Å². The number of nitriles is 1. The van der Waals surface area contributed by atoms with E-state index in [0.29, 0.717) is 50.1 Å². The van der Waals surface area contributed by atoms with Gasteiger partial charge in [-0.25, -0.2) is 0 Å². The van der Waals surface area contributed by atoms with Crippen molar-refractivity contribution in [3.05, 3.63) is 29.8 Å². The Morgan fingerprint density at radius 2 is 1.92 bits per heavy atom. The van der Waals surface area contributed by atoms with Crippen molar-refractivity contribution >= 4 is 11.8 Å². The first-order chi connectivity index (χ1) is 12.2. The van der Waals surface area contributed by atoms with Gasteiger partial charge in [-0.3, -0.25) is 14.5 Å². The van der Waals surface area contributed by atoms with Crippen molar-refractivity contribution < 1.29 is 14.3 Å². The normalized spacial score (nSPS) is 17.6. The molecule has 0 radical (unpaired) electrons. The first-order valence-electron chi connectivity index (χ1n) is 8.57. The van der Waals surface area contributed by atoms with Crippen molar-refractivity contribution in [2.24, 2.45) is 0 Å². The molecule has 2 fully saturated rings. The molecule has 1 aromatic carbocycles. The smallest absolute Gasteiger partial charge is 0.260 e. The molecular formula is C18H22N4O3. The molecule has 0 unspecified atom stereocenters. The summed E-state index contributed by atoms with van der Waals surface area (Å²) in [6.07, 6.45) is 2.17. The molecule has 7 nitrogen and oxygen atoms in total. The van der Waals surface area contributed by atoms with Crippen LogP contribution in [-0.4, -0.2) is 67.0 Å². The summed E-state index contributed by atoms with van der Waals surface area (Å²) in [5.74, 6) is 0.391. The number of ether oxygens (including phenoxy) is 1. The second-order valence-electron chi connectivity index (χ2n) is 6.40. The van der Waals surface area contributed by atoms with Crippen LogP contribution in [0, 0.1) is 11.3 Å². The van der Waals surface area contributed by atoms with Crippen molar-refractivity contribution in [2.45, 2.75) is 18.9 Å². The molecule has 2 aliphatic rings. The number of hydrogen-bond donors (Lipinski definition) is 1. The number of piperazine rings is 1. The fourth-order valence-electron chi connectivity index (χ4n) is 2.78. The van der Waals surface area contributed by atoms with Gasteiger partial charge < -0.3 is 15.0 Å². The molecule has 1 heterocycles. The van der Waals surface area contributed by atoms with Crippen molar-refractivity contribution in [1.82, 2.24) is 15.1 Å². The van der Waals surface area contributed by atoms with Gasteiger partial charge in [0.2, 0.25) is 5.91 Å². The lowest BCUT2D eigenvalue weighted by molar-refractivity contribution is -0.135. The highest BCUT2D eigenvalue weighted by atomic mass is 16.5. The topological polar surface area (TPSA) is 85.7 Å². The van der Waals surface area contributed by atoms with Crippen LogP contribution in [0.25, 0.3) is 0 Å². The summed E-state index contributed by atoms with van der Waals surface area (Å²) in [5, 5.41) is 12.0. The summed E-state index contributed by atoms with van der Waals surface area (Å²) in [5.41, 5.74) is 0.418. The first kappa shape index (κ1) is 17.2. The molecule has 1 aromatic rings. The number of nitrogens with one attached hydrogen (secondary N) is 1. The Hall–Kier alpha value is -2.59. The van der Waals surface area contributed by atoms with E-state index in [1.807, 2.05) is 6.07 Å². The summed E-state index contributed by atoms with van der Waals surface area (Å²) < 4.78 is 5.49. The van der Waals surface area contributed by atoms with Crippen LogP contribution in [0.2, 0.25) is 0 Å². The maximum Gasteiger partial charge on any atom is 0.260 e. The van der Waals surface area contributed by atoms with Crippen molar-refractivity contribution in [3.8, 4) is 11.8 Å². The van der Waals surface area contributed by atoms with E-state index in [9.17, 15) is 9.59 Å². The number of benzene rings is 1. The minimum atomic E-state index is -0.102. The van der Waals surface area contributed by atoms with Crippen LogP contribution < -0.4 is 10.1 Å². The molecule has 1 aliphatic carbocycles. The highest BCUT2D eigenvalue weighted by Crippen LogP contribution is 2.18. The average Bonchev–Trinajstić information content (AvgIpc) is 3.44. The van der Waals surface area contributed by atoms with Crippen LogP contribution in [0.3, 0.4) is 0 Å². The Balaban J connectivity index is 1.40. The van der Waals surface area contributed by atoms with Gasteiger partial charge in [0.15, 0.2) is 6.61 Å². The molecule has 3 rings (SSSR count). The zero-order valence-corrected chi connectivity index (χ0v) is 14.1. The number of carbonyl (C=O) groups excluding carboxylic acids is 2. The Kier molecular flexibility index (Phi) is 5.51. The Labute approximate surface area is 147 Å². The fourth-order valence-corrected chi connectivity index (χ4v) is 2.78. The number of amides is 2. The molecule has 1 aliphatic heterocycles. The number of carbonyl (C=O) groups is 2. The SMILES string of the molecule is N#Cc1ccccc1OCC(=O)N1CCN(CC(=O)NC2CC2)CC1. The summed E-state index contributed by atoms with van der Waals surface area (Å²) in [6, 6.07) is 9.29. The van der Waals surface area contributed by atoms with Crippen LogP contribution in [0.1, 0.15) is 18.4 Å². The van der Waals surface area contributed by atoms with Crippen molar-refractivity contribution in [1.29, 1.82) is 5.26 Å². The predicted octanol–water partition coefficient (Wildman–Crippen LogP) is 0.360. The van der Waals surface area contributed by atoms with E-state index in [2.05, 4.69) is 10.2 Å². The van der Waals surface area contributed by atoms with E-state index >= 15 is 0 Å². The van der Waals surface area contributed by atoms with Gasteiger partial charge in [0.1, 0.15) is 11.8 Å². The molecule has 1 saturated carbocycles. The largest absolute Gasteiger partial charge is 0.482 e. The Bertz CT molecular complexity index is 673. The molecular weight excluding hydrogens is 320 g/mol. The molecule has 0 atom stereocenters. The van der Waals surface area contributed by atoms with Crippen molar-refractivity contribution in [3.63, 3.8) is 0 Å². The molecule has 7 heteroatoms. The van der Waals surface area contributed by atoms with Crippen LogP contribution in [0.5, 0.6) is 5.75 Å². The standard InChI is InChI=1S/C18H22N4O3/c19-11-14-3-1-2-4-16(14)25-13-18(24)22-9-7-21(8-10-22)12-17(23)20-15-5-6-15/h1-4,15H,5-10,12-13H2,(H,20,23). The fraction of sp³-hybridized carbons (Fsp3) is 0.500. The maximum atomic E-state index is 12.3. The quantitative estimate of drug-likeness (QED) is 0.807. The zero-order valence-electron chi connectivity index (χ0n) is 14.1. The lowest BCUT2D eigenvalue weighted by Gasteiger charge is -2.34. The lowest BCUT2D eigenvalue weighted by atomic mass is 10.2. The van der Waals surface area contributed by atoms with Gasteiger partial charge in [-0.2, -0.15) is 5.26 Å². The van der Waals surface area contributed by atoms with E-state index in [0.717, 1.165) is 12.8 Å². The second-order valence-corrected chi connectivity index (χ2v) is 6.40. The molecule has 0 aromatic heterocycles. The molecule has 0 spiro atoms. The highest BCUT2D eigenvalue weighted by molar-refractivity contribution is 5.79.